The molecular weight excluding hydrogens is 484 g/mol. The third-order valence-corrected chi connectivity index (χ3v) is 5.76. The molecule has 0 aliphatic carbocycles. The Kier molecular flexibility index (Phi) is 7.36. The van der Waals surface area contributed by atoms with Crippen LogP contribution in [-0.2, 0) is 13.2 Å². The van der Waals surface area contributed by atoms with E-state index >= 15 is 0 Å². The Morgan fingerprint density at radius 1 is 0.964 bits per heavy atom. The van der Waals surface area contributed by atoms with Gasteiger partial charge in [0.25, 0.3) is 0 Å². The molecule has 146 valence electrons. The number of anilines is 1. The van der Waals surface area contributed by atoms with Crippen molar-refractivity contribution in [3.63, 3.8) is 0 Å². The Hall–Kier alpha value is -1.59. The van der Waals surface area contributed by atoms with Crippen molar-refractivity contribution in [2.45, 2.75) is 13.2 Å². The van der Waals surface area contributed by atoms with Crippen LogP contribution in [0.1, 0.15) is 11.1 Å². The zero-order chi connectivity index (χ0) is 20.1. The fourth-order valence-electron chi connectivity index (χ4n) is 2.65. The first-order chi connectivity index (χ1) is 13.5. The van der Waals surface area contributed by atoms with Gasteiger partial charge in [-0.1, -0.05) is 68.9 Å². The standard InChI is InChI=1S/C21H17BrCl3NO2/c1-27-20-9-7-16(22)15(11-26-19-8-6-14(23)10-18(19)25)21(20)28-12-13-4-2-3-5-17(13)24/h2-10,26H,11-12H2,1H3. The van der Waals surface area contributed by atoms with Crippen molar-refractivity contribution in [3.05, 3.63) is 85.3 Å². The van der Waals surface area contributed by atoms with Crippen LogP contribution in [-0.4, -0.2) is 7.11 Å². The molecule has 7 heteroatoms. The molecule has 3 nitrogen and oxygen atoms in total. The Morgan fingerprint density at radius 2 is 1.75 bits per heavy atom. The van der Waals surface area contributed by atoms with Gasteiger partial charge < -0.3 is 14.8 Å². The summed E-state index contributed by atoms with van der Waals surface area (Å²) in [5.74, 6) is 1.27. The molecule has 0 aliphatic rings. The number of methoxy groups -OCH3 is 1. The van der Waals surface area contributed by atoms with Crippen LogP contribution in [0.25, 0.3) is 0 Å². The molecule has 0 unspecified atom stereocenters. The maximum Gasteiger partial charge on any atom is 0.167 e. The summed E-state index contributed by atoms with van der Waals surface area (Å²) >= 11 is 22.1. The minimum atomic E-state index is 0.321. The molecule has 0 spiro atoms. The third-order valence-electron chi connectivity index (χ3n) is 4.10. The smallest absolute Gasteiger partial charge is 0.167 e. The second-order valence-electron chi connectivity index (χ2n) is 5.92. The molecule has 0 aliphatic heterocycles. The van der Waals surface area contributed by atoms with Gasteiger partial charge in [0.15, 0.2) is 11.5 Å². The fourth-order valence-corrected chi connectivity index (χ4v) is 3.77. The molecule has 3 rings (SSSR count). The lowest BCUT2D eigenvalue weighted by Gasteiger charge is -2.18. The zero-order valence-electron chi connectivity index (χ0n) is 14.9. The van der Waals surface area contributed by atoms with Crippen LogP contribution in [0.5, 0.6) is 11.5 Å². The number of nitrogens with one attached hydrogen (secondary N) is 1. The van der Waals surface area contributed by atoms with E-state index in [-0.39, 0.29) is 0 Å². The van der Waals surface area contributed by atoms with Crippen LogP contribution >= 0.6 is 50.7 Å². The van der Waals surface area contributed by atoms with Gasteiger partial charge in [0.2, 0.25) is 0 Å². The first kappa shape index (κ1) is 21.1. The molecule has 0 radical (unpaired) electrons. The van der Waals surface area contributed by atoms with E-state index in [0.29, 0.717) is 39.7 Å². The fraction of sp³-hybridized carbons (Fsp3) is 0.143. The molecule has 0 aromatic heterocycles. The van der Waals surface area contributed by atoms with Gasteiger partial charge in [0.1, 0.15) is 6.61 Å². The topological polar surface area (TPSA) is 30.5 Å². The summed E-state index contributed by atoms with van der Waals surface area (Å²) in [7, 11) is 1.61. The van der Waals surface area contributed by atoms with Gasteiger partial charge in [0.05, 0.1) is 17.8 Å². The number of ether oxygens (including phenoxy) is 2. The van der Waals surface area contributed by atoms with Crippen LogP contribution in [0.15, 0.2) is 59.1 Å². The summed E-state index contributed by atoms with van der Waals surface area (Å²) in [4.78, 5) is 0. The van der Waals surface area contributed by atoms with Gasteiger partial charge in [-0.15, -0.1) is 0 Å². The predicted octanol–water partition coefficient (Wildman–Crippen LogP) is 7.61. The molecule has 1 N–H and O–H groups in total. The minimum absolute atomic E-state index is 0.321. The second-order valence-corrected chi connectivity index (χ2v) is 8.02. The SMILES string of the molecule is COc1ccc(Br)c(CNc2ccc(Cl)cc2Cl)c1OCc1ccccc1Cl. The summed E-state index contributed by atoms with van der Waals surface area (Å²) in [6.07, 6.45) is 0. The molecule has 0 fully saturated rings. The monoisotopic (exact) mass is 499 g/mol. The highest BCUT2D eigenvalue weighted by molar-refractivity contribution is 9.10. The van der Waals surface area contributed by atoms with Crippen molar-refractivity contribution < 1.29 is 9.47 Å². The van der Waals surface area contributed by atoms with E-state index in [1.54, 1.807) is 19.2 Å². The third kappa shape index (κ3) is 5.06. The molecule has 0 atom stereocenters. The number of halogens is 4. The van der Waals surface area contributed by atoms with Gasteiger partial charge in [-0.05, 0) is 36.4 Å². The number of benzene rings is 3. The summed E-state index contributed by atoms with van der Waals surface area (Å²) in [6, 6.07) is 16.7. The number of hydrogen-bond acceptors (Lipinski definition) is 3. The maximum absolute atomic E-state index is 6.26. The minimum Gasteiger partial charge on any atom is -0.493 e. The Morgan fingerprint density at radius 3 is 2.46 bits per heavy atom. The van der Waals surface area contributed by atoms with Crippen LogP contribution < -0.4 is 14.8 Å². The van der Waals surface area contributed by atoms with Crippen molar-refractivity contribution in [2.24, 2.45) is 0 Å². The van der Waals surface area contributed by atoms with Crippen molar-refractivity contribution in [3.8, 4) is 11.5 Å². The van der Waals surface area contributed by atoms with Crippen LogP contribution in [0, 0.1) is 0 Å². The Bertz CT molecular complexity index is 982. The lowest BCUT2D eigenvalue weighted by molar-refractivity contribution is 0.281. The predicted molar refractivity (Wildman–Crippen MR) is 120 cm³/mol. The lowest BCUT2D eigenvalue weighted by Crippen LogP contribution is -2.06. The van der Waals surface area contributed by atoms with E-state index in [1.807, 2.05) is 42.5 Å². The van der Waals surface area contributed by atoms with Crippen LogP contribution in [0.4, 0.5) is 5.69 Å². The van der Waals surface area contributed by atoms with E-state index < -0.39 is 0 Å². The largest absolute Gasteiger partial charge is 0.493 e. The van der Waals surface area contributed by atoms with E-state index in [9.17, 15) is 0 Å². The highest BCUT2D eigenvalue weighted by Gasteiger charge is 2.16. The highest BCUT2D eigenvalue weighted by Crippen LogP contribution is 2.38. The van der Waals surface area contributed by atoms with E-state index in [2.05, 4.69) is 21.2 Å². The average Bonchev–Trinajstić information content (AvgIpc) is 2.68. The summed E-state index contributed by atoms with van der Waals surface area (Å²) in [6.45, 7) is 0.790. The van der Waals surface area contributed by atoms with Crippen molar-refractivity contribution >= 4 is 56.4 Å². The van der Waals surface area contributed by atoms with Gasteiger partial charge in [-0.2, -0.15) is 0 Å². The molecular formula is C21H17BrCl3NO2. The van der Waals surface area contributed by atoms with E-state index in [0.717, 1.165) is 21.3 Å². The van der Waals surface area contributed by atoms with Gasteiger partial charge >= 0.3 is 0 Å². The average molecular weight is 502 g/mol. The van der Waals surface area contributed by atoms with Gasteiger partial charge in [0, 0.05) is 32.2 Å². The molecule has 0 saturated heterocycles. The van der Waals surface area contributed by atoms with Crippen molar-refractivity contribution in [1.29, 1.82) is 0 Å². The van der Waals surface area contributed by atoms with E-state index in [4.69, 9.17) is 44.3 Å². The molecule has 3 aromatic carbocycles. The first-order valence-electron chi connectivity index (χ1n) is 8.40. The summed E-state index contributed by atoms with van der Waals surface area (Å²) in [5.41, 5.74) is 2.57. The number of rotatable bonds is 7. The zero-order valence-corrected chi connectivity index (χ0v) is 18.8. The highest BCUT2D eigenvalue weighted by atomic mass is 79.9. The molecule has 0 saturated carbocycles. The van der Waals surface area contributed by atoms with Crippen molar-refractivity contribution in [2.75, 3.05) is 12.4 Å². The van der Waals surface area contributed by atoms with Crippen molar-refractivity contribution in [1.82, 2.24) is 0 Å². The van der Waals surface area contributed by atoms with Gasteiger partial charge in [-0.25, -0.2) is 0 Å². The molecule has 0 heterocycles. The second kappa shape index (κ2) is 9.75. The summed E-state index contributed by atoms with van der Waals surface area (Å²) < 4.78 is 12.5. The van der Waals surface area contributed by atoms with Crippen LogP contribution in [0.3, 0.4) is 0 Å². The maximum atomic E-state index is 6.26. The van der Waals surface area contributed by atoms with Gasteiger partial charge in [-0.3, -0.25) is 0 Å². The lowest BCUT2D eigenvalue weighted by atomic mass is 10.1. The summed E-state index contributed by atoms with van der Waals surface area (Å²) in [5, 5.41) is 5.10. The Labute approximate surface area is 187 Å². The number of hydrogen-bond donors (Lipinski definition) is 1. The van der Waals surface area contributed by atoms with Crippen LogP contribution in [0.2, 0.25) is 15.1 Å². The quantitative estimate of drug-likeness (QED) is 0.361. The van der Waals surface area contributed by atoms with E-state index in [1.165, 1.54) is 0 Å². The molecule has 3 aromatic rings. The molecule has 0 amide bonds. The Balaban J connectivity index is 1.86. The molecule has 28 heavy (non-hydrogen) atoms. The molecule has 0 bridgehead atoms. The first-order valence-corrected chi connectivity index (χ1v) is 10.3. The normalized spacial score (nSPS) is 10.6.